The summed E-state index contributed by atoms with van der Waals surface area (Å²) in [5.74, 6) is 0. The lowest BCUT2D eigenvalue weighted by atomic mass is 10.0. The normalized spacial score (nSPS) is 11.0. The van der Waals surface area contributed by atoms with Crippen LogP contribution < -0.4 is 5.32 Å². The number of aromatic nitrogens is 1. The van der Waals surface area contributed by atoms with E-state index in [-0.39, 0.29) is 0 Å². The van der Waals surface area contributed by atoms with E-state index < -0.39 is 0 Å². The number of benzene rings is 2. The number of para-hydroxylation sites is 2. The molecule has 3 rings (SSSR count). The van der Waals surface area contributed by atoms with E-state index in [1.165, 1.54) is 39.0 Å². The van der Waals surface area contributed by atoms with Crippen molar-refractivity contribution in [2.75, 3.05) is 5.32 Å². The average molecular weight is 292 g/mol. The molecule has 2 nitrogen and oxygen atoms in total. The zero-order valence-electron chi connectivity index (χ0n) is 13.7. The van der Waals surface area contributed by atoms with Gasteiger partial charge in [0, 0.05) is 17.3 Å². The van der Waals surface area contributed by atoms with Crippen molar-refractivity contribution in [3.05, 3.63) is 59.3 Å². The summed E-state index contributed by atoms with van der Waals surface area (Å²) in [5, 5.41) is 4.96. The van der Waals surface area contributed by atoms with E-state index in [0.717, 1.165) is 19.3 Å². The Bertz CT molecular complexity index is 761. The van der Waals surface area contributed by atoms with E-state index in [9.17, 15) is 0 Å². The highest BCUT2D eigenvalue weighted by Gasteiger charge is 2.10. The number of nitrogens with one attached hydrogen (secondary N) is 2. The second-order valence-electron chi connectivity index (χ2n) is 5.68. The summed E-state index contributed by atoms with van der Waals surface area (Å²) >= 11 is 0. The maximum atomic E-state index is 3.69. The van der Waals surface area contributed by atoms with Gasteiger partial charge < -0.3 is 10.3 Å². The maximum Gasteiger partial charge on any atom is 0.0642 e. The number of aromatic amines is 1. The molecule has 0 bridgehead atoms. The Morgan fingerprint density at radius 3 is 2.05 bits per heavy atom. The molecule has 0 spiro atoms. The molecule has 0 saturated heterocycles. The van der Waals surface area contributed by atoms with Crippen LogP contribution in [0.3, 0.4) is 0 Å². The number of anilines is 2. The fourth-order valence-corrected chi connectivity index (χ4v) is 3.15. The lowest BCUT2D eigenvalue weighted by molar-refractivity contribution is 1.09. The molecule has 0 aliphatic rings. The Labute approximate surface area is 132 Å². The summed E-state index contributed by atoms with van der Waals surface area (Å²) in [4.78, 5) is 3.44. The van der Waals surface area contributed by atoms with Crippen LogP contribution in [-0.4, -0.2) is 4.98 Å². The molecule has 0 aliphatic carbocycles. The van der Waals surface area contributed by atoms with Crippen molar-refractivity contribution >= 4 is 22.3 Å². The first-order valence-electron chi connectivity index (χ1n) is 8.25. The number of H-pyrrole nitrogens is 1. The molecular formula is C20H24N2. The van der Waals surface area contributed by atoms with E-state index in [2.05, 4.69) is 73.7 Å². The van der Waals surface area contributed by atoms with Crippen molar-refractivity contribution in [3.8, 4) is 0 Å². The zero-order valence-corrected chi connectivity index (χ0v) is 13.7. The van der Waals surface area contributed by atoms with Crippen LogP contribution in [0.5, 0.6) is 0 Å². The molecule has 0 amide bonds. The molecule has 2 heteroatoms. The highest BCUT2D eigenvalue weighted by molar-refractivity contribution is 5.96. The predicted molar refractivity (Wildman–Crippen MR) is 96.2 cm³/mol. The maximum absolute atomic E-state index is 3.69. The topological polar surface area (TPSA) is 27.8 Å². The number of fused-ring (bicyclic) bond motifs is 1. The summed E-state index contributed by atoms with van der Waals surface area (Å²) in [6, 6.07) is 13.1. The van der Waals surface area contributed by atoms with Gasteiger partial charge in [0.15, 0.2) is 0 Å². The van der Waals surface area contributed by atoms with Gasteiger partial charge in [0.2, 0.25) is 0 Å². The van der Waals surface area contributed by atoms with Crippen LogP contribution in [0, 0.1) is 0 Å². The largest absolute Gasteiger partial charge is 0.359 e. The minimum Gasteiger partial charge on any atom is -0.359 e. The van der Waals surface area contributed by atoms with E-state index in [1.807, 2.05) is 0 Å². The monoisotopic (exact) mass is 292 g/mol. The molecule has 2 aromatic carbocycles. The van der Waals surface area contributed by atoms with Gasteiger partial charge in [-0.2, -0.15) is 0 Å². The zero-order chi connectivity index (χ0) is 15.5. The predicted octanol–water partition coefficient (Wildman–Crippen LogP) is 5.60. The molecule has 0 fully saturated rings. The molecule has 0 aliphatic heterocycles. The van der Waals surface area contributed by atoms with Crippen LogP contribution >= 0.6 is 0 Å². The van der Waals surface area contributed by atoms with Gasteiger partial charge in [-0.05, 0) is 36.0 Å². The second kappa shape index (κ2) is 6.27. The summed E-state index contributed by atoms with van der Waals surface area (Å²) in [7, 11) is 0. The first-order valence-corrected chi connectivity index (χ1v) is 8.25. The number of hydrogen-bond acceptors (Lipinski definition) is 1. The number of hydrogen-bond donors (Lipinski definition) is 2. The molecule has 0 unspecified atom stereocenters. The van der Waals surface area contributed by atoms with Gasteiger partial charge in [-0.25, -0.2) is 0 Å². The third-order valence-electron chi connectivity index (χ3n) is 4.44. The molecular weight excluding hydrogens is 268 g/mol. The highest BCUT2D eigenvalue weighted by Crippen LogP contribution is 2.32. The first-order chi connectivity index (χ1) is 10.8. The second-order valence-corrected chi connectivity index (χ2v) is 5.68. The summed E-state index contributed by atoms with van der Waals surface area (Å²) in [6.07, 6.45) is 5.22. The molecule has 1 aromatic heterocycles. The summed E-state index contributed by atoms with van der Waals surface area (Å²) in [5.41, 5.74) is 7.81. The standard InChI is InChI=1S/C20H24N2/c1-4-14-9-7-10-15(5-2)19(14)22-18-13-21-20-16(6-3)11-8-12-17(18)20/h7-13,21-22H,4-6H2,1-3H3. The smallest absolute Gasteiger partial charge is 0.0642 e. The highest BCUT2D eigenvalue weighted by atomic mass is 14.9. The average Bonchev–Trinajstić information content (AvgIpc) is 2.98. The minimum absolute atomic E-state index is 1.04. The van der Waals surface area contributed by atoms with Gasteiger partial charge in [0.05, 0.1) is 11.2 Å². The molecule has 22 heavy (non-hydrogen) atoms. The minimum atomic E-state index is 1.04. The molecule has 0 radical (unpaired) electrons. The van der Waals surface area contributed by atoms with Crippen molar-refractivity contribution in [3.63, 3.8) is 0 Å². The van der Waals surface area contributed by atoms with Crippen LogP contribution in [0.25, 0.3) is 10.9 Å². The lowest BCUT2D eigenvalue weighted by Crippen LogP contribution is -1.99. The van der Waals surface area contributed by atoms with Gasteiger partial charge in [-0.15, -0.1) is 0 Å². The van der Waals surface area contributed by atoms with Crippen molar-refractivity contribution in [1.82, 2.24) is 4.98 Å². The van der Waals surface area contributed by atoms with Crippen LogP contribution in [-0.2, 0) is 19.3 Å². The van der Waals surface area contributed by atoms with Crippen molar-refractivity contribution in [1.29, 1.82) is 0 Å². The summed E-state index contributed by atoms with van der Waals surface area (Å²) < 4.78 is 0. The summed E-state index contributed by atoms with van der Waals surface area (Å²) in [6.45, 7) is 6.62. The van der Waals surface area contributed by atoms with E-state index in [1.54, 1.807) is 0 Å². The van der Waals surface area contributed by atoms with Crippen molar-refractivity contribution < 1.29 is 0 Å². The van der Waals surface area contributed by atoms with Gasteiger partial charge in [-0.3, -0.25) is 0 Å². The number of aryl methyl sites for hydroxylation is 3. The quantitative estimate of drug-likeness (QED) is 0.629. The van der Waals surface area contributed by atoms with E-state index in [0.29, 0.717) is 0 Å². The fourth-order valence-electron chi connectivity index (χ4n) is 3.15. The van der Waals surface area contributed by atoms with Gasteiger partial charge in [0.1, 0.15) is 0 Å². The molecule has 0 saturated carbocycles. The van der Waals surface area contributed by atoms with E-state index >= 15 is 0 Å². The Morgan fingerprint density at radius 2 is 1.41 bits per heavy atom. The fraction of sp³-hybridized carbons (Fsp3) is 0.300. The van der Waals surface area contributed by atoms with Crippen LogP contribution in [0.1, 0.15) is 37.5 Å². The Morgan fingerprint density at radius 1 is 0.818 bits per heavy atom. The molecule has 114 valence electrons. The molecule has 2 N–H and O–H groups in total. The Balaban J connectivity index is 2.08. The SMILES string of the molecule is CCc1cccc(CC)c1Nc1c[nH]c2c(CC)cccc12. The van der Waals surface area contributed by atoms with Gasteiger partial charge in [0.25, 0.3) is 0 Å². The third-order valence-corrected chi connectivity index (χ3v) is 4.44. The van der Waals surface area contributed by atoms with Gasteiger partial charge in [-0.1, -0.05) is 57.2 Å². The van der Waals surface area contributed by atoms with Crippen LogP contribution in [0.4, 0.5) is 11.4 Å². The van der Waals surface area contributed by atoms with Crippen LogP contribution in [0.15, 0.2) is 42.6 Å². The Hall–Kier alpha value is -2.22. The third kappa shape index (κ3) is 2.50. The lowest BCUT2D eigenvalue weighted by Gasteiger charge is -2.15. The number of rotatable bonds is 5. The molecule has 1 heterocycles. The van der Waals surface area contributed by atoms with Gasteiger partial charge >= 0.3 is 0 Å². The van der Waals surface area contributed by atoms with E-state index in [4.69, 9.17) is 0 Å². The van der Waals surface area contributed by atoms with Crippen molar-refractivity contribution in [2.24, 2.45) is 0 Å². The first kappa shape index (κ1) is 14.7. The van der Waals surface area contributed by atoms with Crippen molar-refractivity contribution in [2.45, 2.75) is 40.0 Å². The Kier molecular flexibility index (Phi) is 4.19. The van der Waals surface area contributed by atoms with Crippen LogP contribution in [0.2, 0.25) is 0 Å². The molecule has 0 atom stereocenters. The molecule has 3 aromatic rings.